The summed E-state index contributed by atoms with van der Waals surface area (Å²) in [6.07, 6.45) is 0.929. The van der Waals surface area contributed by atoms with Gasteiger partial charge in [0.05, 0.1) is 13.2 Å². The number of nitrogens with zero attached hydrogens (tertiary/aromatic N) is 1. The molecule has 118 valence electrons. The first-order valence-corrected chi connectivity index (χ1v) is 7.69. The van der Waals surface area contributed by atoms with E-state index in [4.69, 9.17) is 4.74 Å². The number of rotatable bonds is 3. The molecular formula is C16H21N3O3. The Kier molecular flexibility index (Phi) is 4.29. The molecule has 1 aromatic carbocycles. The predicted molar refractivity (Wildman–Crippen MR) is 83.0 cm³/mol. The van der Waals surface area contributed by atoms with Crippen LogP contribution in [0.25, 0.3) is 0 Å². The van der Waals surface area contributed by atoms with Crippen molar-refractivity contribution in [2.45, 2.75) is 19.4 Å². The van der Waals surface area contributed by atoms with Crippen molar-refractivity contribution in [3.05, 3.63) is 29.3 Å². The average Bonchev–Trinajstić information content (AvgIpc) is 3.02. The lowest BCUT2D eigenvalue weighted by Gasteiger charge is -2.29. The molecule has 0 aromatic heterocycles. The van der Waals surface area contributed by atoms with Crippen LogP contribution in [0.15, 0.2) is 18.2 Å². The maximum Gasteiger partial charge on any atom is 0.251 e. The molecule has 1 atom stereocenters. The molecule has 0 bridgehead atoms. The van der Waals surface area contributed by atoms with Gasteiger partial charge in [0.1, 0.15) is 6.04 Å². The highest BCUT2D eigenvalue weighted by Crippen LogP contribution is 2.22. The lowest BCUT2D eigenvalue weighted by molar-refractivity contribution is -0.136. The Morgan fingerprint density at radius 1 is 1.32 bits per heavy atom. The monoisotopic (exact) mass is 303 g/mol. The molecule has 3 rings (SSSR count). The number of amides is 2. The molecule has 2 aliphatic rings. The van der Waals surface area contributed by atoms with E-state index in [1.54, 1.807) is 17.9 Å². The number of morpholine rings is 1. The van der Waals surface area contributed by atoms with Crippen LogP contribution in [0.3, 0.4) is 0 Å². The van der Waals surface area contributed by atoms with E-state index in [9.17, 15) is 9.59 Å². The standard InChI is InChI=1S/C16H21N3O3/c1-11(16(21)19-6-8-22-9-7-19)18-15(20)13-2-3-14-12(10-13)4-5-17-14/h2-3,10-11,17H,4-9H2,1H3,(H,18,20). The summed E-state index contributed by atoms with van der Waals surface area (Å²) >= 11 is 0. The molecule has 1 saturated heterocycles. The summed E-state index contributed by atoms with van der Waals surface area (Å²) in [6.45, 7) is 4.93. The number of anilines is 1. The van der Waals surface area contributed by atoms with Crippen LogP contribution in [0, 0.1) is 0 Å². The summed E-state index contributed by atoms with van der Waals surface area (Å²) in [6, 6.07) is 5.08. The fraction of sp³-hybridized carbons (Fsp3) is 0.500. The molecule has 2 N–H and O–H groups in total. The number of carbonyl (C=O) groups excluding carboxylic acids is 2. The molecule has 0 saturated carbocycles. The van der Waals surface area contributed by atoms with Crippen molar-refractivity contribution < 1.29 is 14.3 Å². The van der Waals surface area contributed by atoms with E-state index >= 15 is 0 Å². The summed E-state index contributed by atoms with van der Waals surface area (Å²) < 4.78 is 5.24. The number of fused-ring (bicyclic) bond motifs is 1. The Bertz CT molecular complexity index is 582. The molecule has 6 nitrogen and oxygen atoms in total. The molecule has 1 aromatic rings. The van der Waals surface area contributed by atoms with Crippen molar-refractivity contribution in [2.75, 3.05) is 38.2 Å². The number of hydrogen-bond donors (Lipinski definition) is 2. The first kappa shape index (κ1) is 14.8. The number of nitrogens with one attached hydrogen (secondary N) is 2. The molecule has 6 heteroatoms. The molecule has 0 aliphatic carbocycles. The van der Waals surface area contributed by atoms with E-state index in [2.05, 4.69) is 10.6 Å². The Morgan fingerprint density at radius 2 is 2.09 bits per heavy atom. The van der Waals surface area contributed by atoms with Gasteiger partial charge in [-0.25, -0.2) is 0 Å². The van der Waals surface area contributed by atoms with Crippen LogP contribution in [0.2, 0.25) is 0 Å². The SMILES string of the molecule is CC(NC(=O)c1ccc2c(c1)CCN2)C(=O)N1CCOCC1. The fourth-order valence-corrected chi connectivity index (χ4v) is 2.85. The second-order valence-electron chi connectivity index (χ2n) is 5.68. The summed E-state index contributed by atoms with van der Waals surface area (Å²) in [5.41, 5.74) is 2.85. The Hall–Kier alpha value is -2.08. The van der Waals surface area contributed by atoms with Crippen molar-refractivity contribution in [1.29, 1.82) is 0 Å². The van der Waals surface area contributed by atoms with Gasteiger partial charge in [-0.15, -0.1) is 0 Å². The summed E-state index contributed by atoms with van der Waals surface area (Å²) in [5.74, 6) is -0.261. The highest BCUT2D eigenvalue weighted by molar-refractivity contribution is 5.98. The third kappa shape index (κ3) is 3.06. The van der Waals surface area contributed by atoms with Gasteiger partial charge in [0.15, 0.2) is 0 Å². The van der Waals surface area contributed by atoms with E-state index in [0.29, 0.717) is 31.9 Å². The predicted octanol–water partition coefficient (Wildman–Crippen LogP) is 0.632. The van der Waals surface area contributed by atoms with Crippen LogP contribution < -0.4 is 10.6 Å². The maximum absolute atomic E-state index is 12.3. The average molecular weight is 303 g/mol. The van der Waals surface area contributed by atoms with E-state index < -0.39 is 6.04 Å². The topological polar surface area (TPSA) is 70.7 Å². The second-order valence-corrected chi connectivity index (χ2v) is 5.68. The number of benzene rings is 1. The lowest BCUT2D eigenvalue weighted by atomic mass is 10.1. The van der Waals surface area contributed by atoms with Gasteiger partial charge in [-0.3, -0.25) is 9.59 Å². The first-order valence-electron chi connectivity index (χ1n) is 7.69. The van der Waals surface area contributed by atoms with Crippen LogP contribution in [0.1, 0.15) is 22.8 Å². The van der Waals surface area contributed by atoms with Gasteiger partial charge >= 0.3 is 0 Å². The fourth-order valence-electron chi connectivity index (χ4n) is 2.85. The normalized spacial score (nSPS) is 18.3. The van der Waals surface area contributed by atoms with Gasteiger partial charge in [-0.05, 0) is 37.1 Å². The zero-order chi connectivity index (χ0) is 15.5. The van der Waals surface area contributed by atoms with Gasteiger partial charge in [0.25, 0.3) is 5.91 Å². The quantitative estimate of drug-likeness (QED) is 0.859. The zero-order valence-electron chi connectivity index (χ0n) is 12.7. The minimum absolute atomic E-state index is 0.0560. The van der Waals surface area contributed by atoms with Crippen LogP contribution in [0.4, 0.5) is 5.69 Å². The van der Waals surface area contributed by atoms with E-state index in [1.807, 2.05) is 12.1 Å². The van der Waals surface area contributed by atoms with Crippen LogP contribution in [0.5, 0.6) is 0 Å². The van der Waals surface area contributed by atoms with Crippen molar-refractivity contribution in [1.82, 2.24) is 10.2 Å². The van der Waals surface area contributed by atoms with Gasteiger partial charge in [-0.2, -0.15) is 0 Å². The molecule has 22 heavy (non-hydrogen) atoms. The van der Waals surface area contributed by atoms with E-state index in [0.717, 1.165) is 24.2 Å². The van der Waals surface area contributed by atoms with Crippen molar-refractivity contribution in [3.63, 3.8) is 0 Å². The molecule has 2 amide bonds. The highest BCUT2D eigenvalue weighted by atomic mass is 16.5. The van der Waals surface area contributed by atoms with Gasteiger partial charge in [0, 0.05) is 30.9 Å². The molecule has 2 heterocycles. The molecule has 0 spiro atoms. The third-order valence-electron chi connectivity index (χ3n) is 4.12. The first-order chi connectivity index (χ1) is 10.6. The van der Waals surface area contributed by atoms with Crippen molar-refractivity contribution in [2.24, 2.45) is 0 Å². The summed E-state index contributed by atoms with van der Waals surface area (Å²) in [4.78, 5) is 26.4. The zero-order valence-corrected chi connectivity index (χ0v) is 12.7. The highest BCUT2D eigenvalue weighted by Gasteiger charge is 2.24. The van der Waals surface area contributed by atoms with E-state index in [1.165, 1.54) is 0 Å². The smallest absolute Gasteiger partial charge is 0.251 e. The minimum atomic E-state index is -0.531. The minimum Gasteiger partial charge on any atom is -0.384 e. The number of ether oxygens (including phenoxy) is 1. The van der Waals surface area contributed by atoms with Crippen LogP contribution in [-0.2, 0) is 16.0 Å². The third-order valence-corrected chi connectivity index (χ3v) is 4.12. The maximum atomic E-state index is 12.3. The molecule has 1 unspecified atom stereocenters. The van der Waals surface area contributed by atoms with Crippen LogP contribution in [-0.4, -0.2) is 55.6 Å². The Morgan fingerprint density at radius 3 is 2.86 bits per heavy atom. The molecule has 0 radical (unpaired) electrons. The largest absolute Gasteiger partial charge is 0.384 e. The van der Waals surface area contributed by atoms with Gasteiger partial charge in [0.2, 0.25) is 5.91 Å². The number of hydrogen-bond acceptors (Lipinski definition) is 4. The lowest BCUT2D eigenvalue weighted by Crippen LogP contribution is -2.50. The van der Waals surface area contributed by atoms with E-state index in [-0.39, 0.29) is 11.8 Å². The van der Waals surface area contributed by atoms with Crippen molar-refractivity contribution in [3.8, 4) is 0 Å². The molecule has 2 aliphatic heterocycles. The Labute approximate surface area is 129 Å². The number of carbonyl (C=O) groups is 2. The summed E-state index contributed by atoms with van der Waals surface area (Å²) in [7, 11) is 0. The van der Waals surface area contributed by atoms with Gasteiger partial charge in [-0.1, -0.05) is 0 Å². The van der Waals surface area contributed by atoms with Gasteiger partial charge < -0.3 is 20.3 Å². The molecular weight excluding hydrogens is 282 g/mol. The van der Waals surface area contributed by atoms with Crippen molar-refractivity contribution >= 4 is 17.5 Å². The summed E-state index contributed by atoms with van der Waals surface area (Å²) in [5, 5.41) is 6.06. The second kappa shape index (κ2) is 6.36. The van der Waals surface area contributed by atoms with Crippen LogP contribution >= 0.6 is 0 Å². The molecule has 1 fully saturated rings. The Balaban J connectivity index is 1.62.